The number of aliphatic hydroxyl groups is 1. The molecule has 1 rings (SSSR count). The van der Waals surface area contributed by atoms with Gasteiger partial charge in [-0.3, -0.25) is 0 Å². The lowest BCUT2D eigenvalue weighted by atomic mass is 9.98. The standard InChI is InChI=1S/C16H28N2O/c1-14(15-8-6-5-7-9-15)10-11-17-12-16(2,19)13-18(3)4/h5-9,14,17,19H,10-13H2,1-4H3. The van der Waals surface area contributed by atoms with E-state index in [2.05, 4.69) is 36.5 Å². The van der Waals surface area contributed by atoms with E-state index in [0.29, 0.717) is 19.0 Å². The second-order valence-corrected chi connectivity index (χ2v) is 6.01. The lowest BCUT2D eigenvalue weighted by Gasteiger charge is -2.27. The molecule has 19 heavy (non-hydrogen) atoms. The number of nitrogens with zero attached hydrogens (tertiary/aromatic N) is 1. The van der Waals surface area contributed by atoms with Gasteiger partial charge in [0, 0.05) is 13.1 Å². The minimum atomic E-state index is -0.667. The normalized spacial score (nSPS) is 16.3. The highest BCUT2D eigenvalue weighted by atomic mass is 16.3. The van der Waals surface area contributed by atoms with Crippen LogP contribution in [0.4, 0.5) is 0 Å². The van der Waals surface area contributed by atoms with Crippen molar-refractivity contribution in [3.63, 3.8) is 0 Å². The number of likely N-dealkylation sites (N-methyl/N-ethyl adjacent to an activating group) is 1. The number of benzene rings is 1. The fourth-order valence-electron chi connectivity index (χ4n) is 2.36. The smallest absolute Gasteiger partial charge is 0.0869 e. The van der Waals surface area contributed by atoms with E-state index in [0.717, 1.165) is 13.0 Å². The molecule has 3 heteroatoms. The molecule has 0 aliphatic heterocycles. The molecule has 3 nitrogen and oxygen atoms in total. The summed E-state index contributed by atoms with van der Waals surface area (Å²) in [6, 6.07) is 10.6. The van der Waals surface area contributed by atoms with Crippen molar-refractivity contribution in [3.8, 4) is 0 Å². The molecule has 0 heterocycles. The minimum absolute atomic E-state index is 0.549. The maximum absolute atomic E-state index is 10.2. The average Bonchev–Trinajstić information content (AvgIpc) is 2.34. The van der Waals surface area contributed by atoms with Gasteiger partial charge in [0.05, 0.1) is 5.60 Å². The Morgan fingerprint density at radius 3 is 2.47 bits per heavy atom. The van der Waals surface area contributed by atoms with Crippen molar-refractivity contribution in [2.24, 2.45) is 0 Å². The minimum Gasteiger partial charge on any atom is -0.388 e. The Morgan fingerprint density at radius 2 is 1.89 bits per heavy atom. The van der Waals surface area contributed by atoms with E-state index in [1.54, 1.807) is 0 Å². The first-order valence-electron chi connectivity index (χ1n) is 7.03. The first-order chi connectivity index (χ1) is 8.91. The lowest BCUT2D eigenvalue weighted by Crippen LogP contribution is -2.45. The van der Waals surface area contributed by atoms with Gasteiger partial charge in [0.1, 0.15) is 0 Å². The first-order valence-corrected chi connectivity index (χ1v) is 7.03. The second-order valence-electron chi connectivity index (χ2n) is 6.01. The van der Waals surface area contributed by atoms with Crippen molar-refractivity contribution in [3.05, 3.63) is 35.9 Å². The van der Waals surface area contributed by atoms with Gasteiger partial charge in [-0.2, -0.15) is 0 Å². The predicted octanol–water partition coefficient (Wildman–Crippen LogP) is 2.08. The zero-order valence-electron chi connectivity index (χ0n) is 12.7. The quantitative estimate of drug-likeness (QED) is 0.706. The van der Waals surface area contributed by atoms with Crippen LogP contribution < -0.4 is 5.32 Å². The fourth-order valence-corrected chi connectivity index (χ4v) is 2.36. The van der Waals surface area contributed by atoms with Crippen molar-refractivity contribution in [1.29, 1.82) is 0 Å². The van der Waals surface area contributed by atoms with Gasteiger partial charge in [-0.15, -0.1) is 0 Å². The summed E-state index contributed by atoms with van der Waals surface area (Å²) in [7, 11) is 3.96. The molecule has 0 aliphatic carbocycles. The topological polar surface area (TPSA) is 35.5 Å². The van der Waals surface area contributed by atoms with E-state index in [-0.39, 0.29) is 0 Å². The summed E-state index contributed by atoms with van der Waals surface area (Å²) in [4.78, 5) is 2.01. The zero-order valence-corrected chi connectivity index (χ0v) is 12.7. The predicted molar refractivity (Wildman–Crippen MR) is 81.5 cm³/mol. The number of hydrogen-bond donors (Lipinski definition) is 2. The molecule has 0 amide bonds. The van der Waals surface area contributed by atoms with Gasteiger partial charge < -0.3 is 15.3 Å². The van der Waals surface area contributed by atoms with Crippen molar-refractivity contribution in [1.82, 2.24) is 10.2 Å². The van der Waals surface area contributed by atoms with E-state index < -0.39 is 5.60 Å². The fraction of sp³-hybridized carbons (Fsp3) is 0.625. The highest BCUT2D eigenvalue weighted by molar-refractivity contribution is 5.18. The number of hydrogen-bond acceptors (Lipinski definition) is 3. The molecule has 0 saturated carbocycles. The van der Waals surface area contributed by atoms with Crippen LogP contribution in [0.2, 0.25) is 0 Å². The van der Waals surface area contributed by atoms with Crippen LogP contribution in [0.15, 0.2) is 30.3 Å². The van der Waals surface area contributed by atoms with E-state index in [9.17, 15) is 5.11 Å². The van der Waals surface area contributed by atoms with Crippen molar-refractivity contribution < 1.29 is 5.11 Å². The third-order valence-electron chi connectivity index (χ3n) is 3.29. The molecule has 0 aliphatic rings. The Balaban J connectivity index is 2.24. The van der Waals surface area contributed by atoms with Gasteiger partial charge in [-0.05, 0) is 45.5 Å². The van der Waals surface area contributed by atoms with Crippen LogP contribution in [-0.2, 0) is 0 Å². The third-order valence-corrected chi connectivity index (χ3v) is 3.29. The van der Waals surface area contributed by atoms with Gasteiger partial charge in [0.25, 0.3) is 0 Å². The Morgan fingerprint density at radius 1 is 1.26 bits per heavy atom. The second kappa shape index (κ2) is 7.63. The van der Waals surface area contributed by atoms with E-state index in [1.165, 1.54) is 5.56 Å². The summed E-state index contributed by atoms with van der Waals surface area (Å²) >= 11 is 0. The van der Waals surface area contributed by atoms with Crippen molar-refractivity contribution in [2.45, 2.75) is 31.8 Å². The van der Waals surface area contributed by atoms with Gasteiger partial charge in [0.15, 0.2) is 0 Å². The Labute approximate surface area is 117 Å². The summed E-state index contributed by atoms with van der Waals surface area (Å²) in [5.41, 5.74) is 0.712. The molecule has 0 spiro atoms. The summed E-state index contributed by atoms with van der Waals surface area (Å²) in [5.74, 6) is 0.549. The lowest BCUT2D eigenvalue weighted by molar-refractivity contribution is 0.0339. The summed E-state index contributed by atoms with van der Waals surface area (Å²) in [6.45, 7) is 6.36. The molecule has 1 aromatic rings. The maximum Gasteiger partial charge on any atom is 0.0869 e. The Bertz CT molecular complexity index is 349. The number of nitrogens with one attached hydrogen (secondary N) is 1. The van der Waals surface area contributed by atoms with E-state index >= 15 is 0 Å². The van der Waals surface area contributed by atoms with Gasteiger partial charge >= 0.3 is 0 Å². The molecule has 1 aromatic carbocycles. The molecule has 2 N–H and O–H groups in total. The Kier molecular flexibility index (Phi) is 6.49. The molecule has 0 bridgehead atoms. The van der Waals surface area contributed by atoms with Crippen molar-refractivity contribution >= 4 is 0 Å². The van der Waals surface area contributed by atoms with Gasteiger partial charge in [0.2, 0.25) is 0 Å². The first kappa shape index (κ1) is 16.2. The molecule has 0 saturated heterocycles. The highest BCUT2D eigenvalue weighted by Gasteiger charge is 2.20. The molecule has 0 radical (unpaired) electrons. The zero-order chi connectivity index (χ0) is 14.3. The molecule has 108 valence electrons. The van der Waals surface area contributed by atoms with Crippen LogP contribution >= 0.6 is 0 Å². The van der Waals surface area contributed by atoms with Crippen LogP contribution in [0, 0.1) is 0 Å². The molecule has 0 aromatic heterocycles. The molecular weight excluding hydrogens is 236 g/mol. The summed E-state index contributed by atoms with van der Waals surface area (Å²) in [6.07, 6.45) is 1.09. The van der Waals surface area contributed by atoms with Crippen LogP contribution in [-0.4, -0.2) is 49.3 Å². The average molecular weight is 264 g/mol. The Hall–Kier alpha value is -0.900. The monoisotopic (exact) mass is 264 g/mol. The van der Waals surface area contributed by atoms with Crippen molar-refractivity contribution in [2.75, 3.05) is 33.7 Å². The molecule has 0 fully saturated rings. The summed E-state index contributed by atoms with van der Waals surface area (Å²) < 4.78 is 0. The largest absolute Gasteiger partial charge is 0.388 e. The molecule has 2 unspecified atom stereocenters. The third kappa shape index (κ3) is 6.71. The molecular formula is C16H28N2O. The van der Waals surface area contributed by atoms with Gasteiger partial charge in [-0.25, -0.2) is 0 Å². The van der Waals surface area contributed by atoms with Gasteiger partial charge in [-0.1, -0.05) is 37.3 Å². The maximum atomic E-state index is 10.2. The number of rotatable bonds is 8. The van der Waals surface area contributed by atoms with Crippen LogP contribution in [0.3, 0.4) is 0 Å². The van der Waals surface area contributed by atoms with Crippen LogP contribution in [0.25, 0.3) is 0 Å². The van der Waals surface area contributed by atoms with E-state index in [4.69, 9.17) is 0 Å². The SMILES string of the molecule is CC(CCNCC(C)(O)CN(C)C)c1ccccc1. The van der Waals surface area contributed by atoms with E-state index in [1.807, 2.05) is 32.0 Å². The summed E-state index contributed by atoms with van der Waals surface area (Å²) in [5, 5.41) is 13.5. The van der Waals surface area contributed by atoms with Crippen LogP contribution in [0.1, 0.15) is 31.7 Å². The van der Waals surface area contributed by atoms with Crippen LogP contribution in [0.5, 0.6) is 0 Å². The molecule has 2 atom stereocenters. The highest BCUT2D eigenvalue weighted by Crippen LogP contribution is 2.17.